The van der Waals surface area contributed by atoms with Crippen LogP contribution in [0.15, 0.2) is 0 Å². The third-order valence-electron chi connectivity index (χ3n) is 1.89. The molecule has 73 valence electrons. The molecule has 0 aromatic carbocycles. The van der Waals surface area contributed by atoms with Gasteiger partial charge < -0.3 is 0 Å². The van der Waals surface area contributed by atoms with Gasteiger partial charge in [-0.2, -0.15) is 0 Å². The molecule has 0 heterocycles. The van der Waals surface area contributed by atoms with E-state index in [1.54, 1.807) is 0 Å². The van der Waals surface area contributed by atoms with Crippen LogP contribution in [0.2, 0.25) is 9.88 Å². The van der Waals surface area contributed by atoms with Crippen molar-refractivity contribution in [3.63, 3.8) is 0 Å². The van der Waals surface area contributed by atoms with Crippen molar-refractivity contribution in [2.24, 2.45) is 0 Å². The summed E-state index contributed by atoms with van der Waals surface area (Å²) in [6.07, 6.45) is 8.70. The predicted molar refractivity (Wildman–Crippen MR) is 63.3 cm³/mol. The van der Waals surface area contributed by atoms with Gasteiger partial charge in [0.2, 0.25) is 0 Å². The Labute approximate surface area is 88.1 Å². The van der Waals surface area contributed by atoms with E-state index in [0.29, 0.717) is 0 Å². The molecular formula is C10H23SSn. The molecular weight excluding hydrogens is 271 g/mol. The van der Waals surface area contributed by atoms with Crippen LogP contribution in [0.25, 0.3) is 0 Å². The fraction of sp³-hybridized carbons (Fsp3) is 1.00. The van der Waals surface area contributed by atoms with Crippen molar-refractivity contribution in [3.05, 3.63) is 0 Å². The molecule has 0 aliphatic carbocycles. The quantitative estimate of drug-likeness (QED) is 0.474. The fourth-order valence-corrected chi connectivity index (χ4v) is 6.65. The van der Waals surface area contributed by atoms with E-state index in [1.165, 1.54) is 44.3 Å². The van der Waals surface area contributed by atoms with Crippen LogP contribution >= 0.6 is 8.95 Å². The second-order valence-corrected chi connectivity index (χ2v) is 17.4. The number of hydrogen-bond acceptors (Lipinski definition) is 1. The number of rotatable bonds is 8. The van der Waals surface area contributed by atoms with E-state index >= 15 is 0 Å². The summed E-state index contributed by atoms with van der Waals surface area (Å²) < 4.78 is 0. The first-order chi connectivity index (χ1) is 5.77. The fourth-order valence-electron chi connectivity index (χ4n) is 1.16. The van der Waals surface area contributed by atoms with Gasteiger partial charge in [0.15, 0.2) is 0 Å². The molecule has 1 radical (unpaired) electrons. The predicted octanol–water partition coefficient (Wildman–Crippen LogP) is 4.33. The van der Waals surface area contributed by atoms with E-state index in [2.05, 4.69) is 25.7 Å². The molecule has 0 atom stereocenters. The van der Waals surface area contributed by atoms with Gasteiger partial charge in [-0.3, -0.25) is 0 Å². The van der Waals surface area contributed by atoms with E-state index in [4.69, 9.17) is 0 Å². The first-order valence-electron chi connectivity index (χ1n) is 5.20. The molecule has 0 unspecified atom stereocenters. The molecule has 0 amide bonds. The molecule has 0 aromatic heterocycles. The minimum absolute atomic E-state index is 0.792. The van der Waals surface area contributed by atoms with Crippen molar-refractivity contribution in [2.45, 2.75) is 55.3 Å². The maximum absolute atomic E-state index is 2.48. The molecule has 12 heavy (non-hydrogen) atoms. The Kier molecular flexibility index (Phi) is 11.2. The van der Waals surface area contributed by atoms with Crippen LogP contribution in [0.1, 0.15) is 45.4 Å². The van der Waals surface area contributed by atoms with Crippen molar-refractivity contribution in [3.8, 4) is 0 Å². The van der Waals surface area contributed by atoms with Crippen LogP contribution in [0.4, 0.5) is 0 Å². The molecule has 0 spiro atoms. The third-order valence-corrected chi connectivity index (χ3v) is 9.65. The zero-order valence-electron chi connectivity index (χ0n) is 8.86. The summed E-state index contributed by atoms with van der Waals surface area (Å²) in [4.78, 5) is 4.95. The normalized spacial score (nSPS) is 11.0. The van der Waals surface area contributed by atoms with Crippen molar-refractivity contribution in [1.29, 1.82) is 0 Å². The summed E-state index contributed by atoms with van der Waals surface area (Å²) in [6.45, 7) is 2.28. The van der Waals surface area contributed by atoms with Gasteiger partial charge in [-0.05, 0) is 0 Å². The SMILES string of the molecule is CCCCCCCC[S][Sn]([CH3])[CH3]. The van der Waals surface area contributed by atoms with Crippen LogP contribution in [-0.2, 0) is 0 Å². The van der Waals surface area contributed by atoms with Crippen LogP contribution in [0.5, 0.6) is 0 Å². The molecule has 0 aliphatic heterocycles. The standard InChI is InChI=1S/C8H18S.2CH3.Sn/c1-2-3-4-5-6-7-8-9;;;/h9H,2-8H2,1H3;2*1H3;/q;;;+1/p-1. The average molecular weight is 294 g/mol. The zero-order chi connectivity index (χ0) is 9.23. The number of unbranched alkanes of at least 4 members (excludes halogenated alkanes) is 5. The van der Waals surface area contributed by atoms with Crippen molar-refractivity contribution in [2.75, 3.05) is 5.75 Å². The van der Waals surface area contributed by atoms with E-state index < -0.39 is 18.4 Å². The Morgan fingerprint density at radius 2 is 1.50 bits per heavy atom. The number of hydrogen-bond donors (Lipinski definition) is 0. The van der Waals surface area contributed by atoms with Crippen LogP contribution in [-0.4, -0.2) is 24.1 Å². The molecule has 2 heteroatoms. The summed E-state index contributed by atoms with van der Waals surface area (Å²) in [5.41, 5.74) is 0. The Balaban J connectivity index is 2.82. The van der Waals surface area contributed by atoms with Crippen LogP contribution in [0.3, 0.4) is 0 Å². The molecule has 0 rings (SSSR count). The summed E-state index contributed by atoms with van der Waals surface area (Å²) >= 11 is -0.792. The van der Waals surface area contributed by atoms with Gasteiger partial charge in [0.1, 0.15) is 0 Å². The first kappa shape index (κ1) is 13.1. The maximum atomic E-state index is 2.48. The first-order valence-corrected chi connectivity index (χ1v) is 15.4. The van der Waals surface area contributed by atoms with Gasteiger partial charge in [-0.15, -0.1) is 0 Å². The van der Waals surface area contributed by atoms with Gasteiger partial charge in [-0.25, -0.2) is 0 Å². The van der Waals surface area contributed by atoms with Crippen LogP contribution in [0, 0.1) is 0 Å². The molecule has 0 saturated carbocycles. The molecule has 0 fully saturated rings. The molecule has 0 aromatic rings. The van der Waals surface area contributed by atoms with Crippen molar-refractivity contribution >= 4 is 27.3 Å². The Bertz CT molecular complexity index is 83.9. The second kappa shape index (κ2) is 10.2. The Morgan fingerprint density at radius 1 is 0.917 bits per heavy atom. The van der Waals surface area contributed by atoms with Crippen molar-refractivity contribution < 1.29 is 0 Å². The second-order valence-electron chi connectivity index (χ2n) is 3.52. The zero-order valence-corrected chi connectivity index (χ0v) is 12.5. The summed E-state index contributed by atoms with van der Waals surface area (Å²) in [7, 11) is 2.29. The molecule has 0 aliphatic rings. The van der Waals surface area contributed by atoms with Gasteiger partial charge in [0, 0.05) is 0 Å². The van der Waals surface area contributed by atoms with Gasteiger partial charge in [0.05, 0.1) is 0 Å². The van der Waals surface area contributed by atoms with E-state index in [0.717, 1.165) is 0 Å². The molecule has 0 N–H and O–H groups in total. The van der Waals surface area contributed by atoms with E-state index in [-0.39, 0.29) is 0 Å². The van der Waals surface area contributed by atoms with Gasteiger partial charge in [-0.1, -0.05) is 0 Å². The summed E-state index contributed by atoms with van der Waals surface area (Å²) in [5, 5.41) is 0. The van der Waals surface area contributed by atoms with E-state index in [9.17, 15) is 0 Å². The molecule has 0 bridgehead atoms. The van der Waals surface area contributed by atoms with Gasteiger partial charge >= 0.3 is 88.4 Å². The van der Waals surface area contributed by atoms with Crippen molar-refractivity contribution in [1.82, 2.24) is 0 Å². The summed E-state index contributed by atoms with van der Waals surface area (Å²) in [5.74, 6) is 1.45. The average Bonchev–Trinajstić information content (AvgIpc) is 2.02. The monoisotopic (exact) mass is 295 g/mol. The van der Waals surface area contributed by atoms with Crippen LogP contribution < -0.4 is 0 Å². The Hall–Kier alpha value is 1.15. The van der Waals surface area contributed by atoms with E-state index in [1.807, 2.05) is 0 Å². The minimum atomic E-state index is -0.792. The Morgan fingerprint density at radius 3 is 2.08 bits per heavy atom. The molecule has 0 saturated heterocycles. The topological polar surface area (TPSA) is 0 Å². The third kappa shape index (κ3) is 11.1. The molecule has 0 nitrogen and oxygen atoms in total. The summed E-state index contributed by atoms with van der Waals surface area (Å²) in [6, 6.07) is 0. The van der Waals surface area contributed by atoms with Gasteiger partial charge in [0.25, 0.3) is 0 Å².